The average molecular weight is 908 g/mol. The second kappa shape index (κ2) is 22.2. The molecule has 8 rings (SSSR count). The Kier molecular flexibility index (Phi) is 15.5. The third-order valence-corrected chi connectivity index (χ3v) is 10.8. The first-order chi connectivity index (χ1) is 31.7. The molecule has 8 aromatic rings. The summed E-state index contributed by atoms with van der Waals surface area (Å²) in [6, 6.07) is 46.6. The van der Waals surface area contributed by atoms with Crippen LogP contribution in [0.15, 0.2) is 176 Å². The fraction of sp³-hybridized carbons (Fsp3) is 0.115. The van der Waals surface area contributed by atoms with Crippen molar-refractivity contribution in [3.8, 4) is 17.2 Å². The second-order valence-corrected chi connectivity index (χ2v) is 15.4. The number of pyridine rings is 2. The molecule has 2 amide bonds. The minimum atomic E-state index is -0.846. The van der Waals surface area contributed by atoms with Crippen LogP contribution in [-0.2, 0) is 27.3 Å². The highest BCUT2D eigenvalue weighted by Crippen LogP contribution is 2.40. The predicted molar refractivity (Wildman–Crippen MR) is 254 cm³/mol. The van der Waals surface area contributed by atoms with Crippen LogP contribution < -0.4 is 15.4 Å². The highest BCUT2D eigenvalue weighted by molar-refractivity contribution is 6.36. The summed E-state index contributed by atoms with van der Waals surface area (Å²) in [5.74, 6) is 0.471. The Morgan fingerprint density at radius 3 is 1.77 bits per heavy atom. The van der Waals surface area contributed by atoms with Crippen molar-refractivity contribution in [3.63, 3.8) is 0 Å². The van der Waals surface area contributed by atoms with Crippen molar-refractivity contribution in [1.82, 2.24) is 20.6 Å². The summed E-state index contributed by atoms with van der Waals surface area (Å²) in [6.45, 7) is -0.0695. The summed E-state index contributed by atoms with van der Waals surface area (Å²) in [7, 11) is 1.51. The molecule has 328 valence electrons. The zero-order valence-corrected chi connectivity index (χ0v) is 36.6. The van der Waals surface area contributed by atoms with E-state index in [1.54, 1.807) is 67.0 Å². The quantitative estimate of drug-likeness (QED) is 0.0781. The maximum absolute atomic E-state index is 12.9. The number of rotatable bonds is 14. The van der Waals surface area contributed by atoms with Gasteiger partial charge in [0.15, 0.2) is 6.61 Å². The van der Waals surface area contributed by atoms with Crippen LogP contribution in [0.25, 0.3) is 27.9 Å². The molecule has 6 aromatic carbocycles. The number of fused-ring (bicyclic) bond motifs is 2. The number of ether oxygens (including phenoxy) is 3. The molecule has 2 heterocycles. The molecule has 65 heavy (non-hydrogen) atoms. The summed E-state index contributed by atoms with van der Waals surface area (Å²) in [6.07, 6.45) is 4.82. The van der Waals surface area contributed by atoms with Gasteiger partial charge in [-0.05, 0) is 77.7 Å². The van der Waals surface area contributed by atoms with E-state index < -0.39 is 24.1 Å². The first-order valence-corrected chi connectivity index (χ1v) is 21.2. The number of aromatic hydroxyl groups is 2. The van der Waals surface area contributed by atoms with Gasteiger partial charge < -0.3 is 35.1 Å². The number of phenolic OH excluding ortho intramolecular Hbond substituents is 2. The Balaban J connectivity index is 0.000000195. The lowest BCUT2D eigenvalue weighted by Gasteiger charge is -2.23. The molecule has 2 atom stereocenters. The van der Waals surface area contributed by atoms with Crippen molar-refractivity contribution in [3.05, 3.63) is 214 Å². The van der Waals surface area contributed by atoms with Crippen molar-refractivity contribution in [2.75, 3.05) is 13.7 Å². The number of hydrogen-bond acceptors (Lipinski definition) is 9. The van der Waals surface area contributed by atoms with E-state index >= 15 is 0 Å². The number of hydrogen-bond donors (Lipinski definition) is 4. The topological polar surface area (TPSA) is 152 Å². The van der Waals surface area contributed by atoms with E-state index in [0.29, 0.717) is 60.9 Å². The third kappa shape index (κ3) is 11.9. The number of halogens is 2. The number of phenols is 2. The molecule has 0 aliphatic rings. The number of nitrogens with zero attached hydrogens (tertiary/aromatic N) is 2. The molecule has 0 spiro atoms. The van der Waals surface area contributed by atoms with Crippen molar-refractivity contribution >= 4 is 63.1 Å². The van der Waals surface area contributed by atoms with E-state index in [1.165, 1.54) is 7.11 Å². The molecule has 4 N–H and O–H groups in total. The van der Waals surface area contributed by atoms with Crippen LogP contribution in [0.5, 0.6) is 17.2 Å². The number of aromatic nitrogens is 2. The number of alkyl carbamates (subject to hydrolysis) is 1. The van der Waals surface area contributed by atoms with Gasteiger partial charge in [0.25, 0.3) is 5.91 Å². The first kappa shape index (κ1) is 45.4. The number of carbonyl (C=O) groups is 2. The molecule has 0 aliphatic carbocycles. The van der Waals surface area contributed by atoms with Gasteiger partial charge in [0.05, 0.1) is 23.2 Å². The molecule has 13 heteroatoms. The second-order valence-electron chi connectivity index (χ2n) is 14.6. The fourth-order valence-corrected chi connectivity index (χ4v) is 7.58. The molecular formula is C52H44Cl2N4O7. The lowest BCUT2D eigenvalue weighted by molar-refractivity contribution is -0.123. The van der Waals surface area contributed by atoms with Crippen molar-refractivity contribution < 1.29 is 34.0 Å². The Morgan fingerprint density at radius 2 is 1.18 bits per heavy atom. The van der Waals surface area contributed by atoms with Gasteiger partial charge in [-0.2, -0.15) is 0 Å². The van der Waals surface area contributed by atoms with Crippen LogP contribution in [0.4, 0.5) is 4.79 Å². The fourth-order valence-electron chi connectivity index (χ4n) is 7.04. The minimum absolute atomic E-state index is 0.00992. The molecule has 2 aromatic heterocycles. The van der Waals surface area contributed by atoms with Crippen LogP contribution in [0, 0.1) is 0 Å². The maximum atomic E-state index is 12.9. The van der Waals surface area contributed by atoms with Crippen molar-refractivity contribution in [1.29, 1.82) is 0 Å². The van der Waals surface area contributed by atoms with Crippen LogP contribution in [0.1, 0.15) is 39.9 Å². The normalized spacial score (nSPS) is 12.0. The molecule has 0 saturated heterocycles. The molecule has 0 aliphatic heterocycles. The Bertz CT molecular complexity index is 2890. The van der Waals surface area contributed by atoms with E-state index in [4.69, 9.17) is 37.4 Å². The molecular weight excluding hydrogens is 863 g/mol. The molecule has 0 saturated carbocycles. The molecule has 0 radical (unpaired) electrons. The van der Waals surface area contributed by atoms with Gasteiger partial charge >= 0.3 is 6.09 Å². The van der Waals surface area contributed by atoms with Crippen LogP contribution in [0.3, 0.4) is 0 Å². The monoisotopic (exact) mass is 906 g/mol. The zero-order chi connectivity index (χ0) is 45.5. The minimum Gasteiger partial charge on any atom is -0.505 e. The van der Waals surface area contributed by atoms with Gasteiger partial charge in [0, 0.05) is 34.3 Å². The van der Waals surface area contributed by atoms with Crippen LogP contribution in [0.2, 0.25) is 10.0 Å². The third-order valence-electron chi connectivity index (χ3n) is 10.2. The lowest BCUT2D eigenvalue weighted by atomic mass is 9.96. The van der Waals surface area contributed by atoms with Crippen LogP contribution in [-0.4, -0.2) is 45.9 Å². The lowest BCUT2D eigenvalue weighted by Crippen LogP contribution is -2.34. The van der Waals surface area contributed by atoms with Crippen LogP contribution >= 0.6 is 23.2 Å². The molecule has 0 fully saturated rings. The summed E-state index contributed by atoms with van der Waals surface area (Å²) < 4.78 is 16.7. The molecule has 2 unspecified atom stereocenters. The maximum Gasteiger partial charge on any atom is 0.407 e. The average Bonchev–Trinajstić information content (AvgIpc) is 3.35. The smallest absolute Gasteiger partial charge is 0.407 e. The number of nitrogens with one attached hydrogen (secondary N) is 2. The van der Waals surface area contributed by atoms with E-state index in [1.807, 2.05) is 109 Å². The van der Waals surface area contributed by atoms with Gasteiger partial charge in [0.2, 0.25) is 0 Å². The number of methoxy groups -OCH3 is 1. The zero-order valence-electron chi connectivity index (χ0n) is 35.1. The first-order valence-electron chi connectivity index (χ1n) is 20.5. The molecule has 11 nitrogen and oxygen atoms in total. The van der Waals surface area contributed by atoms with Gasteiger partial charge in [0.1, 0.15) is 46.7 Å². The predicted octanol–water partition coefficient (Wildman–Crippen LogP) is 11.3. The number of amides is 2. The summed E-state index contributed by atoms with van der Waals surface area (Å²) in [5, 5.41) is 29.9. The summed E-state index contributed by atoms with van der Waals surface area (Å²) >= 11 is 13.0. The standard InChI is InChI=1S/C27H23ClN2O4.C25H21ClN2O3/c1-33-23(15-18-9-4-2-5-10-18)25(30-24(31)17-34-19-11-6-3-7-12-19)21-16-22(28)20-13-8-14-29-26(20)27(21)32;26-21-15-20(24(29)23-19(21)12-7-13-27-23)22(14-17-8-3-1-4-9-17)28-25(30)31-16-18-10-5-2-6-11-18/h2-16,25,32H,17H2,1H3,(H,30,31);1-13,15,22,29H,14,16H2,(H,28,30)/b23-15-;. The summed E-state index contributed by atoms with van der Waals surface area (Å²) in [4.78, 5) is 34.0. The SMILES string of the molecule is CO/C(=C\c1ccccc1)C(NC(=O)COc1ccccc1)c1cc(Cl)c2cccnc2c1O.O=C(NC(Cc1ccccc1)c1cc(Cl)c2cccnc2c1O)OCc1ccccc1. The largest absolute Gasteiger partial charge is 0.505 e. The van der Waals surface area contributed by atoms with E-state index in [2.05, 4.69) is 20.6 Å². The summed E-state index contributed by atoms with van der Waals surface area (Å²) in [5.41, 5.74) is 4.31. The van der Waals surface area contributed by atoms with Gasteiger partial charge in [-0.15, -0.1) is 0 Å². The highest BCUT2D eigenvalue weighted by atomic mass is 35.5. The van der Waals surface area contributed by atoms with E-state index in [-0.39, 0.29) is 24.7 Å². The van der Waals surface area contributed by atoms with Crippen molar-refractivity contribution in [2.45, 2.75) is 25.1 Å². The van der Waals surface area contributed by atoms with Crippen molar-refractivity contribution in [2.24, 2.45) is 0 Å². The Labute approximate surface area is 385 Å². The Hall–Kier alpha value is -7.60. The van der Waals surface area contributed by atoms with E-state index in [9.17, 15) is 19.8 Å². The number of benzene rings is 6. The van der Waals surface area contributed by atoms with Gasteiger partial charge in [-0.3, -0.25) is 14.8 Å². The van der Waals surface area contributed by atoms with Gasteiger partial charge in [-0.25, -0.2) is 4.79 Å². The number of carbonyl (C=O) groups excluding carboxylic acids is 2. The van der Waals surface area contributed by atoms with E-state index in [0.717, 1.165) is 16.7 Å². The number of para-hydroxylation sites is 1. The Morgan fingerprint density at radius 1 is 0.662 bits per heavy atom. The highest BCUT2D eigenvalue weighted by Gasteiger charge is 2.27. The molecule has 0 bridgehead atoms. The van der Waals surface area contributed by atoms with Gasteiger partial charge in [-0.1, -0.05) is 132 Å².